The molecule has 1 rings (SSSR count). The number of benzene rings is 1. The van der Waals surface area contributed by atoms with Gasteiger partial charge in [0, 0.05) is 18.7 Å². The van der Waals surface area contributed by atoms with Crippen molar-refractivity contribution in [2.45, 2.75) is 6.10 Å². The molecule has 0 aromatic heterocycles. The van der Waals surface area contributed by atoms with Crippen molar-refractivity contribution in [2.24, 2.45) is 0 Å². The Hall–Kier alpha value is -1.99. The van der Waals surface area contributed by atoms with E-state index >= 15 is 0 Å². The van der Waals surface area contributed by atoms with Crippen LogP contribution in [0.5, 0.6) is 0 Å². The quantitative estimate of drug-likeness (QED) is 0.570. The minimum absolute atomic E-state index is 0.0907. The first-order valence-corrected chi connectivity index (χ1v) is 5.23. The van der Waals surface area contributed by atoms with Crippen molar-refractivity contribution in [2.75, 3.05) is 20.1 Å². The Balaban J connectivity index is 2.71. The number of carboxylic acid groups (broad SMARTS) is 1. The van der Waals surface area contributed by atoms with E-state index in [0.717, 1.165) is 0 Å². The van der Waals surface area contributed by atoms with E-state index in [2.05, 4.69) is 0 Å². The molecule has 0 bridgehead atoms. The minimum atomic E-state index is -0.997. The van der Waals surface area contributed by atoms with Gasteiger partial charge < -0.3 is 10.2 Å². The number of hydrogen-bond acceptors (Lipinski definition) is 5. The Labute approximate surface area is 103 Å². The summed E-state index contributed by atoms with van der Waals surface area (Å²) >= 11 is 0. The number of nitrogens with zero attached hydrogens (tertiary/aromatic N) is 2. The van der Waals surface area contributed by atoms with Crippen molar-refractivity contribution in [1.29, 1.82) is 0 Å². The highest BCUT2D eigenvalue weighted by Gasteiger charge is 2.15. The molecule has 18 heavy (non-hydrogen) atoms. The van der Waals surface area contributed by atoms with Gasteiger partial charge in [0.05, 0.1) is 17.6 Å². The van der Waals surface area contributed by atoms with Gasteiger partial charge in [-0.1, -0.05) is 12.1 Å². The smallest absolute Gasteiger partial charge is 0.317 e. The van der Waals surface area contributed by atoms with Gasteiger partial charge in [-0.25, -0.2) is 0 Å². The Bertz CT molecular complexity index is 449. The van der Waals surface area contributed by atoms with E-state index in [1.165, 1.54) is 23.1 Å². The van der Waals surface area contributed by atoms with Crippen LogP contribution in [0.4, 0.5) is 5.69 Å². The summed E-state index contributed by atoms with van der Waals surface area (Å²) in [6.45, 7) is -0.112. The van der Waals surface area contributed by atoms with Gasteiger partial charge >= 0.3 is 5.97 Å². The molecule has 0 saturated heterocycles. The Morgan fingerprint density at radius 1 is 1.56 bits per heavy atom. The fourth-order valence-corrected chi connectivity index (χ4v) is 1.54. The highest BCUT2D eigenvalue weighted by Crippen LogP contribution is 2.19. The van der Waals surface area contributed by atoms with Gasteiger partial charge in [-0.05, 0) is 12.6 Å². The van der Waals surface area contributed by atoms with Crippen molar-refractivity contribution in [3.8, 4) is 0 Å². The van der Waals surface area contributed by atoms with Gasteiger partial charge in [0.25, 0.3) is 5.69 Å². The number of aliphatic hydroxyl groups excluding tert-OH is 1. The van der Waals surface area contributed by atoms with Crippen molar-refractivity contribution >= 4 is 11.7 Å². The predicted octanol–water partition coefficient (Wildman–Crippen LogP) is 0.645. The summed E-state index contributed by atoms with van der Waals surface area (Å²) in [5.74, 6) is -0.997. The highest BCUT2D eigenvalue weighted by molar-refractivity contribution is 5.69. The lowest BCUT2D eigenvalue weighted by atomic mass is 10.1. The molecule has 2 N–H and O–H groups in total. The molecule has 0 saturated carbocycles. The van der Waals surface area contributed by atoms with Crippen LogP contribution in [0.3, 0.4) is 0 Å². The van der Waals surface area contributed by atoms with Crippen LogP contribution >= 0.6 is 0 Å². The zero-order valence-corrected chi connectivity index (χ0v) is 9.81. The minimum Gasteiger partial charge on any atom is -0.480 e. The monoisotopic (exact) mass is 254 g/mol. The molecular formula is C11H14N2O5. The number of non-ortho nitro benzene ring substituents is 1. The summed E-state index contributed by atoms with van der Waals surface area (Å²) < 4.78 is 0. The first-order chi connectivity index (χ1) is 8.40. The second-order valence-corrected chi connectivity index (χ2v) is 3.96. The van der Waals surface area contributed by atoms with Crippen LogP contribution in [-0.4, -0.2) is 46.1 Å². The third-order valence-electron chi connectivity index (χ3n) is 2.36. The van der Waals surface area contributed by atoms with Crippen LogP contribution in [0.1, 0.15) is 11.7 Å². The molecule has 0 radical (unpaired) electrons. The molecule has 1 atom stereocenters. The summed E-state index contributed by atoms with van der Waals surface area (Å²) in [6.07, 6.45) is -0.964. The summed E-state index contributed by atoms with van der Waals surface area (Å²) in [7, 11) is 1.55. The molecule has 1 unspecified atom stereocenters. The third-order valence-corrected chi connectivity index (χ3v) is 2.36. The fraction of sp³-hybridized carbons (Fsp3) is 0.364. The number of nitro groups is 1. The topological polar surface area (TPSA) is 104 Å². The average Bonchev–Trinajstić information content (AvgIpc) is 2.27. The number of carbonyl (C=O) groups is 1. The van der Waals surface area contributed by atoms with Crippen LogP contribution in [0.25, 0.3) is 0 Å². The SMILES string of the molecule is CN(CC(=O)O)CC(O)c1cccc([N+](=O)[O-])c1. The number of nitro benzene ring substituents is 1. The molecule has 1 aromatic rings. The van der Waals surface area contributed by atoms with Crippen molar-refractivity contribution < 1.29 is 19.9 Å². The number of rotatable bonds is 6. The van der Waals surface area contributed by atoms with Crippen LogP contribution in [0.15, 0.2) is 24.3 Å². The van der Waals surface area contributed by atoms with Crippen molar-refractivity contribution in [3.63, 3.8) is 0 Å². The summed E-state index contributed by atoms with van der Waals surface area (Å²) in [6, 6.07) is 5.65. The van der Waals surface area contributed by atoms with Crippen LogP contribution < -0.4 is 0 Å². The molecule has 0 heterocycles. The first-order valence-electron chi connectivity index (χ1n) is 5.23. The Morgan fingerprint density at radius 2 is 2.22 bits per heavy atom. The molecular weight excluding hydrogens is 240 g/mol. The number of aliphatic hydroxyl groups is 1. The number of likely N-dealkylation sites (N-methyl/N-ethyl adjacent to an activating group) is 1. The third kappa shape index (κ3) is 4.11. The van der Waals surface area contributed by atoms with Crippen LogP contribution in [0.2, 0.25) is 0 Å². The summed E-state index contributed by atoms with van der Waals surface area (Å²) in [5, 5.41) is 29.0. The van der Waals surface area contributed by atoms with Crippen LogP contribution in [-0.2, 0) is 4.79 Å². The maximum atomic E-state index is 10.6. The van der Waals surface area contributed by atoms with Crippen LogP contribution in [0, 0.1) is 10.1 Å². The number of carboxylic acids is 1. The predicted molar refractivity (Wildman–Crippen MR) is 63.2 cm³/mol. The van der Waals surface area contributed by atoms with E-state index in [1.807, 2.05) is 0 Å². The lowest BCUT2D eigenvalue weighted by molar-refractivity contribution is -0.385. The highest BCUT2D eigenvalue weighted by atomic mass is 16.6. The average molecular weight is 254 g/mol. The lowest BCUT2D eigenvalue weighted by Gasteiger charge is -2.18. The fourth-order valence-electron chi connectivity index (χ4n) is 1.54. The number of hydrogen-bond donors (Lipinski definition) is 2. The van der Waals surface area contributed by atoms with E-state index in [9.17, 15) is 20.0 Å². The Morgan fingerprint density at radius 3 is 2.78 bits per heavy atom. The van der Waals surface area contributed by atoms with E-state index in [-0.39, 0.29) is 18.8 Å². The molecule has 1 aromatic carbocycles. The molecule has 98 valence electrons. The largest absolute Gasteiger partial charge is 0.480 e. The zero-order valence-electron chi connectivity index (χ0n) is 9.81. The van der Waals surface area contributed by atoms with Gasteiger partial charge in [0.1, 0.15) is 0 Å². The molecule has 0 fully saturated rings. The summed E-state index contributed by atoms with van der Waals surface area (Å²) in [4.78, 5) is 21.9. The first kappa shape index (κ1) is 14.1. The van der Waals surface area contributed by atoms with Gasteiger partial charge in [-0.15, -0.1) is 0 Å². The lowest BCUT2D eigenvalue weighted by Crippen LogP contribution is -2.29. The van der Waals surface area contributed by atoms with E-state index in [4.69, 9.17) is 5.11 Å². The molecule has 0 amide bonds. The van der Waals surface area contributed by atoms with Gasteiger partial charge in [-0.3, -0.25) is 19.8 Å². The van der Waals surface area contributed by atoms with Gasteiger partial charge in [-0.2, -0.15) is 0 Å². The van der Waals surface area contributed by atoms with E-state index in [1.54, 1.807) is 13.1 Å². The maximum Gasteiger partial charge on any atom is 0.317 e. The molecule has 0 aliphatic rings. The Kier molecular flexibility index (Phi) is 4.75. The van der Waals surface area contributed by atoms with Crippen molar-refractivity contribution in [3.05, 3.63) is 39.9 Å². The molecule has 0 spiro atoms. The maximum absolute atomic E-state index is 10.6. The van der Waals surface area contributed by atoms with E-state index < -0.39 is 17.0 Å². The molecule has 7 heteroatoms. The summed E-state index contributed by atoms with van der Waals surface area (Å²) in [5.41, 5.74) is 0.286. The number of aliphatic carboxylic acids is 1. The van der Waals surface area contributed by atoms with Crippen molar-refractivity contribution in [1.82, 2.24) is 4.90 Å². The zero-order chi connectivity index (χ0) is 13.7. The van der Waals surface area contributed by atoms with E-state index in [0.29, 0.717) is 5.56 Å². The molecule has 0 aliphatic carbocycles. The van der Waals surface area contributed by atoms with Gasteiger partial charge in [0.2, 0.25) is 0 Å². The second kappa shape index (κ2) is 6.08. The molecule has 7 nitrogen and oxygen atoms in total. The van der Waals surface area contributed by atoms with Gasteiger partial charge in [0.15, 0.2) is 0 Å². The normalized spacial score (nSPS) is 12.4. The standard InChI is InChI=1S/C11H14N2O5/c1-12(7-11(15)16)6-10(14)8-3-2-4-9(5-8)13(17)18/h2-5,10,14H,6-7H2,1H3,(H,15,16). The second-order valence-electron chi connectivity index (χ2n) is 3.96. The molecule has 0 aliphatic heterocycles.